The summed E-state index contributed by atoms with van der Waals surface area (Å²) in [5.41, 5.74) is 0.715. The third-order valence-corrected chi connectivity index (χ3v) is 5.66. The first kappa shape index (κ1) is 19.1. The second-order valence-electron chi connectivity index (χ2n) is 7.62. The molecule has 6 heteroatoms. The van der Waals surface area contributed by atoms with Gasteiger partial charge >= 0.3 is 0 Å². The van der Waals surface area contributed by atoms with Gasteiger partial charge in [-0.25, -0.2) is 4.98 Å². The summed E-state index contributed by atoms with van der Waals surface area (Å²) in [4.78, 5) is 21.9. The Kier molecular flexibility index (Phi) is 6.48. The average molecular weight is 361 g/mol. The molecule has 1 unspecified atom stereocenters. The summed E-state index contributed by atoms with van der Waals surface area (Å²) >= 11 is 0. The van der Waals surface area contributed by atoms with Gasteiger partial charge in [0.05, 0.1) is 7.11 Å². The molecule has 1 spiro atoms. The molecule has 2 aliphatic rings. The molecule has 1 aromatic heterocycles. The molecule has 2 fully saturated rings. The number of rotatable bonds is 6. The number of likely N-dealkylation sites (tertiary alicyclic amines) is 2. The molecule has 0 N–H and O–H groups in total. The predicted octanol–water partition coefficient (Wildman–Crippen LogP) is 2.44. The maximum absolute atomic E-state index is 13.0. The molecule has 2 saturated heterocycles. The van der Waals surface area contributed by atoms with Gasteiger partial charge in [-0.1, -0.05) is 6.07 Å². The Morgan fingerprint density at radius 1 is 1.19 bits per heavy atom. The highest BCUT2D eigenvalue weighted by Crippen LogP contribution is 2.38. The first-order valence-corrected chi connectivity index (χ1v) is 9.67. The van der Waals surface area contributed by atoms with Crippen LogP contribution in [0.4, 0.5) is 0 Å². The highest BCUT2D eigenvalue weighted by Gasteiger charge is 2.40. The average Bonchev–Trinajstić information content (AvgIpc) is 2.68. The second-order valence-corrected chi connectivity index (χ2v) is 7.62. The molecule has 2 aliphatic heterocycles. The zero-order valence-corrected chi connectivity index (χ0v) is 16.1. The number of hydrogen-bond donors (Lipinski definition) is 0. The van der Waals surface area contributed by atoms with Gasteiger partial charge in [0.15, 0.2) is 0 Å². The molecule has 1 aromatic rings. The fourth-order valence-electron chi connectivity index (χ4n) is 4.46. The monoisotopic (exact) mass is 361 g/mol. The normalized spacial score (nSPS) is 24.0. The van der Waals surface area contributed by atoms with Crippen molar-refractivity contribution in [2.75, 3.05) is 53.6 Å². The first-order chi connectivity index (χ1) is 12.7. The lowest BCUT2D eigenvalue weighted by Crippen LogP contribution is -2.53. The fraction of sp³-hybridized carbons (Fsp3) is 0.700. The highest BCUT2D eigenvalue weighted by molar-refractivity contribution is 5.92. The number of nitrogens with zero attached hydrogens (tertiary/aromatic N) is 3. The Morgan fingerprint density at radius 2 is 2.00 bits per heavy atom. The number of aromatic nitrogens is 1. The summed E-state index contributed by atoms with van der Waals surface area (Å²) in [5.74, 6) is 0.518. The van der Waals surface area contributed by atoms with Crippen molar-refractivity contribution in [1.82, 2.24) is 14.8 Å². The van der Waals surface area contributed by atoms with Crippen LogP contribution in [0.2, 0.25) is 0 Å². The Labute approximate surface area is 156 Å². The number of amides is 1. The van der Waals surface area contributed by atoms with Crippen LogP contribution >= 0.6 is 0 Å². The van der Waals surface area contributed by atoms with Crippen molar-refractivity contribution in [3.8, 4) is 5.88 Å². The number of carbonyl (C=O) groups is 1. The van der Waals surface area contributed by atoms with E-state index in [1.807, 2.05) is 11.0 Å². The van der Waals surface area contributed by atoms with Crippen LogP contribution in [-0.2, 0) is 4.74 Å². The van der Waals surface area contributed by atoms with Crippen LogP contribution in [0.25, 0.3) is 0 Å². The molecule has 0 bridgehead atoms. The molecule has 1 amide bonds. The van der Waals surface area contributed by atoms with E-state index in [0.717, 1.165) is 52.2 Å². The topological polar surface area (TPSA) is 54.9 Å². The van der Waals surface area contributed by atoms with E-state index in [1.54, 1.807) is 26.4 Å². The molecular formula is C20H31N3O3. The summed E-state index contributed by atoms with van der Waals surface area (Å²) in [7, 11) is 3.33. The predicted molar refractivity (Wildman–Crippen MR) is 101 cm³/mol. The lowest BCUT2D eigenvalue weighted by atomic mass is 9.73. The van der Waals surface area contributed by atoms with Crippen molar-refractivity contribution in [1.29, 1.82) is 0 Å². The quantitative estimate of drug-likeness (QED) is 0.729. The number of carbonyl (C=O) groups excluding carboxylic acids is 1. The third kappa shape index (κ3) is 4.54. The first-order valence-electron chi connectivity index (χ1n) is 9.67. The van der Waals surface area contributed by atoms with Crippen molar-refractivity contribution in [3.63, 3.8) is 0 Å². The molecule has 3 rings (SSSR count). The van der Waals surface area contributed by atoms with Crippen molar-refractivity contribution in [2.45, 2.75) is 32.1 Å². The number of hydrogen-bond acceptors (Lipinski definition) is 5. The van der Waals surface area contributed by atoms with Gasteiger partial charge in [-0.05, 0) is 44.7 Å². The molecule has 0 radical (unpaired) electrons. The molecule has 0 aliphatic carbocycles. The van der Waals surface area contributed by atoms with Crippen LogP contribution in [0.3, 0.4) is 0 Å². The molecular weight excluding hydrogens is 330 g/mol. The molecule has 0 saturated carbocycles. The Bertz CT molecular complexity index is 606. The van der Waals surface area contributed by atoms with Crippen molar-refractivity contribution in [3.05, 3.63) is 23.9 Å². The highest BCUT2D eigenvalue weighted by atomic mass is 16.5. The minimum atomic E-state index is 0.0273. The molecule has 1 atom stereocenters. The summed E-state index contributed by atoms with van der Waals surface area (Å²) in [6.45, 7) is 5.81. The summed E-state index contributed by atoms with van der Waals surface area (Å²) < 4.78 is 10.4. The summed E-state index contributed by atoms with van der Waals surface area (Å²) in [5, 5.41) is 0. The number of ether oxygens (including phenoxy) is 2. The van der Waals surface area contributed by atoms with Crippen LogP contribution < -0.4 is 4.74 Å². The Balaban J connectivity index is 1.65. The van der Waals surface area contributed by atoms with E-state index in [-0.39, 0.29) is 11.3 Å². The van der Waals surface area contributed by atoms with Crippen molar-refractivity contribution in [2.24, 2.45) is 5.41 Å². The molecule has 3 heterocycles. The van der Waals surface area contributed by atoms with Crippen LogP contribution in [-0.4, -0.2) is 74.2 Å². The van der Waals surface area contributed by atoms with E-state index in [2.05, 4.69) is 9.88 Å². The van der Waals surface area contributed by atoms with E-state index in [4.69, 9.17) is 9.47 Å². The van der Waals surface area contributed by atoms with Gasteiger partial charge < -0.3 is 19.3 Å². The van der Waals surface area contributed by atoms with E-state index in [1.165, 1.54) is 19.3 Å². The molecule has 26 heavy (non-hydrogen) atoms. The van der Waals surface area contributed by atoms with Crippen molar-refractivity contribution >= 4 is 5.91 Å². The van der Waals surface area contributed by atoms with E-state index < -0.39 is 0 Å². The smallest absolute Gasteiger partial charge is 0.272 e. The number of piperidine rings is 2. The lowest BCUT2D eigenvalue weighted by Gasteiger charge is -2.48. The fourth-order valence-corrected chi connectivity index (χ4v) is 4.46. The van der Waals surface area contributed by atoms with E-state index >= 15 is 0 Å². The van der Waals surface area contributed by atoms with Gasteiger partial charge in [-0.15, -0.1) is 0 Å². The molecule has 0 aromatic carbocycles. The summed E-state index contributed by atoms with van der Waals surface area (Å²) in [6.07, 6.45) is 5.78. The van der Waals surface area contributed by atoms with Crippen molar-refractivity contribution < 1.29 is 14.3 Å². The SMILES string of the molecule is COCCCN1CCCC2(CCCN(C(=O)c3cccc(OC)n3)C2)C1. The van der Waals surface area contributed by atoms with Gasteiger partial charge in [0, 0.05) is 51.4 Å². The standard InChI is InChI=1S/C20H31N3O3/c1-25-14-6-12-22-11-4-9-20(15-22)10-5-13-23(16-20)19(24)17-7-3-8-18(21-17)26-2/h3,7-8H,4-6,9-16H2,1-2H3. The zero-order valence-electron chi connectivity index (χ0n) is 16.1. The lowest BCUT2D eigenvalue weighted by molar-refractivity contribution is 0.0115. The maximum Gasteiger partial charge on any atom is 0.272 e. The third-order valence-electron chi connectivity index (χ3n) is 5.66. The molecule has 144 valence electrons. The minimum absolute atomic E-state index is 0.0273. The van der Waals surface area contributed by atoms with E-state index in [0.29, 0.717) is 11.6 Å². The van der Waals surface area contributed by atoms with Gasteiger partial charge in [0.2, 0.25) is 5.88 Å². The maximum atomic E-state index is 13.0. The van der Waals surface area contributed by atoms with Crippen LogP contribution in [0, 0.1) is 5.41 Å². The van der Waals surface area contributed by atoms with Crippen LogP contribution in [0.15, 0.2) is 18.2 Å². The number of methoxy groups -OCH3 is 2. The van der Waals surface area contributed by atoms with Crippen LogP contribution in [0.5, 0.6) is 5.88 Å². The number of pyridine rings is 1. The van der Waals surface area contributed by atoms with Gasteiger partial charge in [0.1, 0.15) is 5.69 Å². The second kappa shape index (κ2) is 8.82. The van der Waals surface area contributed by atoms with Gasteiger partial charge in [-0.2, -0.15) is 0 Å². The van der Waals surface area contributed by atoms with E-state index in [9.17, 15) is 4.79 Å². The van der Waals surface area contributed by atoms with Gasteiger partial charge in [-0.3, -0.25) is 4.79 Å². The van der Waals surface area contributed by atoms with Gasteiger partial charge in [0.25, 0.3) is 5.91 Å². The van der Waals surface area contributed by atoms with Crippen LogP contribution in [0.1, 0.15) is 42.6 Å². The Hall–Kier alpha value is -1.66. The largest absolute Gasteiger partial charge is 0.481 e. The summed E-state index contributed by atoms with van der Waals surface area (Å²) in [6, 6.07) is 5.38. The zero-order chi connectivity index (χ0) is 18.4. The minimum Gasteiger partial charge on any atom is -0.481 e. The molecule has 6 nitrogen and oxygen atoms in total. The Morgan fingerprint density at radius 3 is 2.77 bits per heavy atom.